The topological polar surface area (TPSA) is 80.0 Å². The summed E-state index contributed by atoms with van der Waals surface area (Å²) in [5, 5.41) is 0.682. The van der Waals surface area contributed by atoms with Crippen molar-refractivity contribution in [3.05, 3.63) is 29.3 Å². The summed E-state index contributed by atoms with van der Waals surface area (Å²) in [5.41, 5.74) is 12.3. The van der Waals surface area contributed by atoms with E-state index in [2.05, 4.69) is 16.9 Å². The van der Waals surface area contributed by atoms with Gasteiger partial charge in [-0.15, -0.1) is 0 Å². The number of nitrogens with zero attached hydrogens (tertiary/aromatic N) is 3. The van der Waals surface area contributed by atoms with Crippen molar-refractivity contribution in [1.82, 2.24) is 0 Å². The van der Waals surface area contributed by atoms with Crippen molar-refractivity contribution in [2.24, 2.45) is 21.5 Å². The van der Waals surface area contributed by atoms with Gasteiger partial charge in [0.25, 0.3) is 0 Å². The third kappa shape index (κ3) is 3.47. The fourth-order valence-electron chi connectivity index (χ4n) is 2.61. The fraction of sp³-hybridized carbons (Fsp3) is 0.467. The van der Waals surface area contributed by atoms with Crippen LogP contribution in [0, 0.1) is 0 Å². The van der Waals surface area contributed by atoms with Crippen molar-refractivity contribution in [2.45, 2.75) is 45.2 Å². The van der Waals surface area contributed by atoms with Crippen molar-refractivity contribution >= 4 is 29.2 Å². The van der Waals surface area contributed by atoms with E-state index in [1.54, 1.807) is 0 Å². The van der Waals surface area contributed by atoms with Gasteiger partial charge in [0, 0.05) is 10.7 Å². The van der Waals surface area contributed by atoms with Crippen LogP contribution in [0.3, 0.4) is 0 Å². The van der Waals surface area contributed by atoms with Crippen molar-refractivity contribution in [3.8, 4) is 0 Å². The smallest absolute Gasteiger partial charge is 0.220 e. The first-order chi connectivity index (χ1) is 9.96. The third-order valence-corrected chi connectivity index (χ3v) is 3.89. The van der Waals surface area contributed by atoms with Crippen molar-refractivity contribution in [2.75, 3.05) is 4.90 Å². The van der Waals surface area contributed by atoms with Crippen LogP contribution >= 0.6 is 11.6 Å². The van der Waals surface area contributed by atoms with E-state index in [0.717, 1.165) is 31.4 Å². The third-order valence-electron chi connectivity index (χ3n) is 3.63. The molecule has 1 aromatic carbocycles. The molecule has 1 unspecified atom stereocenters. The molecule has 6 heteroatoms. The Morgan fingerprint density at radius 3 is 2.48 bits per heavy atom. The van der Waals surface area contributed by atoms with E-state index in [1.165, 1.54) is 0 Å². The van der Waals surface area contributed by atoms with Gasteiger partial charge < -0.3 is 11.5 Å². The minimum atomic E-state index is -0.515. The Labute approximate surface area is 130 Å². The summed E-state index contributed by atoms with van der Waals surface area (Å²) in [6.45, 7) is 4.21. The van der Waals surface area contributed by atoms with Gasteiger partial charge in [-0.3, -0.25) is 4.90 Å². The first-order valence-electron chi connectivity index (χ1n) is 7.21. The highest BCUT2D eigenvalue weighted by atomic mass is 35.5. The fourth-order valence-corrected chi connectivity index (χ4v) is 2.74. The lowest BCUT2D eigenvalue weighted by Crippen LogP contribution is -2.56. The molecule has 21 heavy (non-hydrogen) atoms. The molecule has 1 heterocycles. The molecule has 4 N–H and O–H groups in total. The number of hydrogen-bond acceptors (Lipinski definition) is 5. The summed E-state index contributed by atoms with van der Waals surface area (Å²) in [5.74, 6) is 0.598. The molecule has 2 rings (SSSR count). The van der Waals surface area contributed by atoms with Crippen LogP contribution in [0.1, 0.15) is 39.5 Å². The minimum Gasteiger partial charge on any atom is -0.369 e. The predicted octanol–water partition coefficient (Wildman–Crippen LogP) is 3.09. The zero-order valence-electron chi connectivity index (χ0n) is 12.5. The van der Waals surface area contributed by atoms with E-state index < -0.39 is 5.66 Å². The largest absolute Gasteiger partial charge is 0.369 e. The number of rotatable bonds is 5. The number of aliphatic imine (C=N–C) groups is 2. The van der Waals surface area contributed by atoms with Gasteiger partial charge in [-0.25, -0.2) is 4.99 Å². The molecule has 0 saturated carbocycles. The van der Waals surface area contributed by atoms with Crippen LogP contribution in [0.2, 0.25) is 5.02 Å². The zero-order valence-corrected chi connectivity index (χ0v) is 13.3. The van der Waals surface area contributed by atoms with Gasteiger partial charge in [-0.1, -0.05) is 31.4 Å². The molecular formula is C15H22ClN5. The van der Waals surface area contributed by atoms with Crippen LogP contribution in [0.15, 0.2) is 34.3 Å². The van der Waals surface area contributed by atoms with Crippen LogP contribution in [-0.2, 0) is 0 Å². The zero-order chi connectivity index (χ0) is 15.5. The molecule has 0 bridgehead atoms. The molecule has 0 fully saturated rings. The van der Waals surface area contributed by atoms with Gasteiger partial charge in [-0.2, -0.15) is 4.99 Å². The molecule has 0 aromatic heterocycles. The van der Waals surface area contributed by atoms with Crippen LogP contribution in [0.4, 0.5) is 5.69 Å². The first kappa shape index (κ1) is 15.6. The van der Waals surface area contributed by atoms with Gasteiger partial charge in [0.1, 0.15) is 5.66 Å². The Morgan fingerprint density at radius 2 is 1.86 bits per heavy atom. The van der Waals surface area contributed by atoms with E-state index in [4.69, 9.17) is 23.1 Å². The van der Waals surface area contributed by atoms with Gasteiger partial charge in [0.05, 0.1) is 0 Å². The summed E-state index contributed by atoms with van der Waals surface area (Å²) >= 11 is 5.96. The Kier molecular flexibility index (Phi) is 4.73. The molecule has 0 spiro atoms. The number of benzene rings is 1. The van der Waals surface area contributed by atoms with Gasteiger partial charge >= 0.3 is 0 Å². The molecule has 1 aromatic rings. The maximum atomic E-state index is 6.10. The highest BCUT2D eigenvalue weighted by Crippen LogP contribution is 2.32. The Bertz CT molecular complexity index is 552. The summed E-state index contributed by atoms with van der Waals surface area (Å²) in [7, 11) is 0. The highest BCUT2D eigenvalue weighted by Gasteiger charge is 2.36. The second kappa shape index (κ2) is 6.35. The van der Waals surface area contributed by atoms with Gasteiger partial charge in [-0.05, 0) is 44.0 Å². The molecule has 0 saturated heterocycles. The second-order valence-corrected chi connectivity index (χ2v) is 5.86. The van der Waals surface area contributed by atoms with Crippen LogP contribution in [0.5, 0.6) is 0 Å². The Balaban J connectivity index is 2.34. The molecule has 0 amide bonds. The van der Waals surface area contributed by atoms with Crippen molar-refractivity contribution in [1.29, 1.82) is 0 Å². The summed E-state index contributed by atoms with van der Waals surface area (Å²) in [6, 6.07) is 7.50. The van der Waals surface area contributed by atoms with Crippen molar-refractivity contribution < 1.29 is 0 Å². The number of anilines is 1. The molecular weight excluding hydrogens is 286 g/mol. The van der Waals surface area contributed by atoms with E-state index in [0.29, 0.717) is 11.0 Å². The average molecular weight is 308 g/mol. The van der Waals surface area contributed by atoms with Crippen LogP contribution in [0.25, 0.3) is 0 Å². The normalized spacial score (nSPS) is 22.0. The Hall–Kier alpha value is -1.75. The molecule has 1 aliphatic heterocycles. The quantitative estimate of drug-likeness (QED) is 0.820. The molecule has 0 aliphatic carbocycles. The molecule has 1 aliphatic rings. The molecule has 114 valence electrons. The summed E-state index contributed by atoms with van der Waals surface area (Å²) < 4.78 is 0. The monoisotopic (exact) mass is 307 g/mol. The number of unbranched alkanes of at least 4 members (excludes halogenated alkanes) is 2. The number of halogens is 1. The van der Waals surface area contributed by atoms with E-state index in [9.17, 15) is 0 Å². The summed E-state index contributed by atoms with van der Waals surface area (Å²) in [4.78, 5) is 10.6. The number of guanidine groups is 2. The molecule has 1 atom stereocenters. The van der Waals surface area contributed by atoms with Crippen LogP contribution < -0.4 is 16.4 Å². The molecule has 5 nitrogen and oxygen atoms in total. The Morgan fingerprint density at radius 1 is 1.19 bits per heavy atom. The lowest BCUT2D eigenvalue weighted by atomic mass is 10.0. The number of nitrogens with two attached hydrogens (primary N) is 2. The highest BCUT2D eigenvalue weighted by molar-refractivity contribution is 6.30. The van der Waals surface area contributed by atoms with Gasteiger partial charge in [0.2, 0.25) is 11.9 Å². The SMILES string of the molecule is CCCCCC1(C)N=C(N)N=C(N)N1c1ccc(Cl)cc1. The first-order valence-corrected chi connectivity index (χ1v) is 7.59. The average Bonchev–Trinajstić information content (AvgIpc) is 2.40. The number of hydrogen-bond donors (Lipinski definition) is 2. The lowest BCUT2D eigenvalue weighted by Gasteiger charge is -2.41. The molecule has 0 radical (unpaired) electrons. The van der Waals surface area contributed by atoms with E-state index >= 15 is 0 Å². The maximum Gasteiger partial charge on any atom is 0.220 e. The van der Waals surface area contributed by atoms with E-state index in [1.807, 2.05) is 36.1 Å². The summed E-state index contributed by atoms with van der Waals surface area (Å²) in [6.07, 6.45) is 4.22. The van der Waals surface area contributed by atoms with E-state index in [-0.39, 0.29) is 5.96 Å². The van der Waals surface area contributed by atoms with Crippen molar-refractivity contribution in [3.63, 3.8) is 0 Å². The second-order valence-electron chi connectivity index (χ2n) is 5.43. The maximum absolute atomic E-state index is 6.10. The predicted molar refractivity (Wildman–Crippen MR) is 89.7 cm³/mol. The van der Waals surface area contributed by atoms with Crippen LogP contribution in [-0.4, -0.2) is 17.6 Å². The minimum absolute atomic E-state index is 0.233. The lowest BCUT2D eigenvalue weighted by molar-refractivity contribution is 0.422. The standard InChI is InChI=1S/C15H22ClN5/c1-3-4-5-10-15(2)20-13(17)19-14(18)21(15)12-8-6-11(16)7-9-12/h6-9H,3-5,10H2,1-2H3,(H4,17,18,19,20). The van der Waals surface area contributed by atoms with Gasteiger partial charge in [0.15, 0.2) is 0 Å².